The lowest BCUT2D eigenvalue weighted by molar-refractivity contribution is -0.146. The van der Waals surface area contributed by atoms with Gasteiger partial charge in [-0.1, -0.05) is 11.8 Å². The summed E-state index contributed by atoms with van der Waals surface area (Å²) in [6.45, 7) is 1.41. The molecule has 68 valence electrons. The topological polar surface area (TPSA) is 72.8 Å². The van der Waals surface area contributed by atoms with Crippen molar-refractivity contribution in [2.45, 2.75) is 17.8 Å². The average Bonchev–Trinajstić information content (AvgIpc) is 2.34. The highest BCUT2D eigenvalue weighted by molar-refractivity contribution is 8.01. The fraction of sp³-hybridized carbons (Fsp3) is 0.667. The molecule has 0 aromatic carbocycles. The Kier molecular flexibility index (Phi) is 2.93. The first-order valence-corrected chi connectivity index (χ1v) is 4.21. The molecular weight excluding hydrogens is 184 g/mol. The van der Waals surface area contributed by atoms with Crippen molar-refractivity contribution in [1.29, 1.82) is 0 Å². The SMILES string of the molecule is CC(=O)O[C@H]1CO[C@H](C(=O)O)S1. The molecule has 0 spiro atoms. The third-order valence-electron chi connectivity index (χ3n) is 1.16. The van der Waals surface area contributed by atoms with E-state index in [4.69, 9.17) is 14.6 Å². The number of carbonyl (C=O) groups excluding carboxylic acids is 1. The van der Waals surface area contributed by atoms with E-state index in [1.165, 1.54) is 6.92 Å². The smallest absolute Gasteiger partial charge is 0.343 e. The van der Waals surface area contributed by atoms with E-state index in [1.54, 1.807) is 0 Å². The third kappa shape index (κ3) is 2.38. The number of hydrogen-bond donors (Lipinski definition) is 1. The van der Waals surface area contributed by atoms with Crippen LogP contribution in [-0.2, 0) is 19.1 Å². The van der Waals surface area contributed by atoms with Gasteiger partial charge in [-0.15, -0.1) is 0 Å². The minimum Gasteiger partial charge on any atom is -0.479 e. The number of ether oxygens (including phenoxy) is 2. The van der Waals surface area contributed by atoms with Crippen molar-refractivity contribution in [2.24, 2.45) is 0 Å². The summed E-state index contributed by atoms with van der Waals surface area (Å²) in [6.07, 6.45) is 0. The van der Waals surface area contributed by atoms with Crippen LogP contribution in [0.25, 0.3) is 0 Å². The molecule has 0 aromatic heterocycles. The minimum atomic E-state index is -1.05. The Labute approximate surface area is 73.0 Å². The molecule has 0 bridgehead atoms. The Bertz CT molecular complexity index is 204. The van der Waals surface area contributed by atoms with Gasteiger partial charge in [-0.3, -0.25) is 4.79 Å². The largest absolute Gasteiger partial charge is 0.479 e. The van der Waals surface area contributed by atoms with Crippen molar-refractivity contribution >= 4 is 23.7 Å². The van der Waals surface area contributed by atoms with Gasteiger partial charge in [0.05, 0.1) is 6.61 Å². The fourth-order valence-corrected chi connectivity index (χ4v) is 1.66. The molecule has 2 atom stereocenters. The maximum Gasteiger partial charge on any atom is 0.343 e. The molecule has 0 radical (unpaired) electrons. The molecule has 0 aromatic rings. The average molecular weight is 192 g/mol. The van der Waals surface area contributed by atoms with Crippen molar-refractivity contribution in [3.8, 4) is 0 Å². The van der Waals surface area contributed by atoms with Crippen LogP contribution in [0.3, 0.4) is 0 Å². The van der Waals surface area contributed by atoms with Gasteiger partial charge in [-0.2, -0.15) is 0 Å². The second kappa shape index (κ2) is 3.77. The summed E-state index contributed by atoms with van der Waals surface area (Å²) in [4.78, 5) is 20.8. The lowest BCUT2D eigenvalue weighted by Crippen LogP contribution is -2.14. The summed E-state index contributed by atoms with van der Waals surface area (Å²) in [6, 6.07) is 0. The van der Waals surface area contributed by atoms with Gasteiger partial charge in [0.1, 0.15) is 0 Å². The molecule has 1 rings (SSSR count). The summed E-state index contributed by atoms with van der Waals surface area (Å²) < 4.78 is 9.54. The zero-order chi connectivity index (χ0) is 9.14. The highest BCUT2D eigenvalue weighted by atomic mass is 32.2. The van der Waals surface area contributed by atoms with E-state index >= 15 is 0 Å². The molecule has 1 aliphatic rings. The summed E-state index contributed by atoms with van der Waals surface area (Å²) >= 11 is 0.982. The normalized spacial score (nSPS) is 28.4. The summed E-state index contributed by atoms with van der Waals surface area (Å²) in [7, 11) is 0. The predicted molar refractivity (Wildman–Crippen MR) is 40.5 cm³/mol. The molecule has 1 N–H and O–H groups in total. The van der Waals surface area contributed by atoms with Crippen LogP contribution in [0.4, 0.5) is 0 Å². The molecule has 0 amide bonds. The zero-order valence-electron chi connectivity index (χ0n) is 6.35. The minimum absolute atomic E-state index is 0.140. The number of aliphatic carboxylic acids is 1. The monoisotopic (exact) mass is 192 g/mol. The quantitative estimate of drug-likeness (QED) is 0.623. The van der Waals surface area contributed by atoms with Crippen molar-refractivity contribution in [1.82, 2.24) is 0 Å². The highest BCUT2D eigenvalue weighted by Crippen LogP contribution is 2.28. The number of carbonyl (C=O) groups is 2. The van der Waals surface area contributed by atoms with E-state index < -0.39 is 22.8 Å². The van der Waals surface area contributed by atoms with Gasteiger partial charge in [-0.05, 0) is 0 Å². The Morgan fingerprint density at radius 2 is 2.33 bits per heavy atom. The first-order chi connectivity index (χ1) is 5.59. The van der Waals surface area contributed by atoms with Crippen molar-refractivity contribution in [3.63, 3.8) is 0 Å². The van der Waals surface area contributed by atoms with Gasteiger partial charge in [0.25, 0.3) is 0 Å². The fourth-order valence-electron chi connectivity index (χ4n) is 0.759. The Balaban J connectivity index is 2.35. The lowest BCUT2D eigenvalue weighted by atomic mass is 10.7. The van der Waals surface area contributed by atoms with Crippen LogP contribution < -0.4 is 0 Å². The van der Waals surface area contributed by atoms with Gasteiger partial charge in [0, 0.05) is 6.92 Å². The Morgan fingerprint density at radius 3 is 2.75 bits per heavy atom. The van der Waals surface area contributed by atoms with Gasteiger partial charge in [0.2, 0.25) is 5.44 Å². The Morgan fingerprint density at radius 1 is 1.67 bits per heavy atom. The van der Waals surface area contributed by atoms with Crippen molar-refractivity contribution < 1.29 is 24.2 Å². The number of carboxylic acid groups (broad SMARTS) is 1. The summed E-state index contributed by atoms with van der Waals surface area (Å²) in [5.41, 5.74) is -1.39. The highest BCUT2D eigenvalue weighted by Gasteiger charge is 2.33. The zero-order valence-corrected chi connectivity index (χ0v) is 7.17. The van der Waals surface area contributed by atoms with Crippen LogP contribution in [0, 0.1) is 0 Å². The molecule has 0 saturated carbocycles. The van der Waals surface area contributed by atoms with Crippen LogP contribution >= 0.6 is 11.8 Å². The number of rotatable bonds is 2. The number of thioether (sulfide) groups is 1. The molecule has 12 heavy (non-hydrogen) atoms. The molecular formula is C6H8O5S. The van der Waals surface area contributed by atoms with Crippen molar-refractivity contribution in [3.05, 3.63) is 0 Å². The molecule has 5 nitrogen and oxygen atoms in total. The van der Waals surface area contributed by atoms with Gasteiger partial charge >= 0.3 is 11.9 Å². The standard InChI is InChI=1S/C6H8O5S/c1-3(7)11-4-2-10-6(12-4)5(8)9/h4,6H,2H2,1H3,(H,8,9)/t4-,6+/m1/s1. The summed E-state index contributed by atoms with van der Waals surface area (Å²) in [5.74, 6) is -1.48. The van der Waals surface area contributed by atoms with E-state index in [0.717, 1.165) is 11.8 Å². The van der Waals surface area contributed by atoms with Crippen molar-refractivity contribution in [2.75, 3.05) is 6.61 Å². The van der Waals surface area contributed by atoms with Crippen LogP contribution in [0.15, 0.2) is 0 Å². The van der Waals surface area contributed by atoms with Gasteiger partial charge < -0.3 is 14.6 Å². The first-order valence-electron chi connectivity index (χ1n) is 3.26. The predicted octanol–water partition coefficient (Wildman–Crippen LogP) is 0.0497. The molecule has 6 heteroatoms. The van der Waals surface area contributed by atoms with E-state index in [-0.39, 0.29) is 6.61 Å². The van der Waals surface area contributed by atoms with E-state index in [9.17, 15) is 9.59 Å². The van der Waals surface area contributed by atoms with E-state index in [0.29, 0.717) is 0 Å². The molecule has 0 unspecified atom stereocenters. The maximum absolute atomic E-state index is 10.4. The number of hydrogen-bond acceptors (Lipinski definition) is 5. The van der Waals surface area contributed by atoms with E-state index in [2.05, 4.69) is 0 Å². The molecule has 1 fully saturated rings. The Hall–Kier alpha value is -0.750. The van der Waals surface area contributed by atoms with Gasteiger partial charge in [0.15, 0.2) is 5.44 Å². The van der Waals surface area contributed by atoms with Crippen LogP contribution in [0.5, 0.6) is 0 Å². The molecule has 0 aliphatic carbocycles. The van der Waals surface area contributed by atoms with Gasteiger partial charge in [-0.25, -0.2) is 4.79 Å². The molecule has 1 heterocycles. The third-order valence-corrected chi connectivity index (χ3v) is 2.28. The number of esters is 1. The first kappa shape index (κ1) is 9.34. The number of carboxylic acids is 1. The van der Waals surface area contributed by atoms with Crippen LogP contribution in [0.2, 0.25) is 0 Å². The molecule has 1 saturated heterocycles. The summed E-state index contributed by atoms with van der Waals surface area (Å²) in [5, 5.41) is 8.48. The van der Waals surface area contributed by atoms with Crippen LogP contribution in [0.1, 0.15) is 6.92 Å². The second-order valence-corrected chi connectivity index (χ2v) is 3.40. The van der Waals surface area contributed by atoms with E-state index in [1.807, 2.05) is 0 Å². The maximum atomic E-state index is 10.4. The lowest BCUT2D eigenvalue weighted by Gasteiger charge is -2.05. The molecule has 1 aliphatic heterocycles. The second-order valence-electron chi connectivity index (χ2n) is 2.18. The van der Waals surface area contributed by atoms with Crippen LogP contribution in [-0.4, -0.2) is 34.5 Å².